The van der Waals surface area contributed by atoms with Gasteiger partial charge in [-0.05, 0) is 0 Å². The molecule has 0 aliphatic heterocycles. The molecule has 0 spiro atoms. The molecule has 0 bridgehead atoms. The molecule has 0 saturated carbocycles. The van der Waals surface area contributed by atoms with Crippen LogP contribution in [0, 0.1) is 0 Å². The standard InChI is InChI=1S/C21H25.C13H8Br2.C5H5.2ClH.Zr/c1-20(2,3)16-9-7-14-11-15-8-10-17(21(4,5)6)13-19(15)18(14)12-16;14-12-7-3-1-5-10(12)9-11-6-2-4-8-13(11)15;1-2-4-5-3-1;;;/h7-13H,1-6H3;1-8H;1-3H,4H2;2*1H;. The van der Waals surface area contributed by atoms with Gasteiger partial charge in [-0.1, -0.05) is 0 Å². The van der Waals surface area contributed by atoms with E-state index >= 15 is 0 Å². The molecule has 5 heteroatoms. The number of hydrogen-bond donors (Lipinski definition) is 0. The van der Waals surface area contributed by atoms with Crippen LogP contribution in [0.3, 0.4) is 0 Å². The van der Waals surface area contributed by atoms with Gasteiger partial charge in [-0.3, -0.25) is 0 Å². The minimum absolute atomic E-state index is 0. The molecule has 2 aliphatic carbocycles. The fraction of sp³-hybridized carbons (Fsp3) is 0.256. The summed E-state index contributed by atoms with van der Waals surface area (Å²) in [6.07, 6.45) is 8.15. The molecular weight excluding hydrogens is 790 g/mol. The summed E-state index contributed by atoms with van der Waals surface area (Å²) in [5, 5.41) is 0. The summed E-state index contributed by atoms with van der Waals surface area (Å²) in [6, 6.07) is 32.5. The number of allylic oxidation sites excluding steroid dienone is 4. The average molecular weight is 831 g/mol. The number of rotatable bonds is 4. The van der Waals surface area contributed by atoms with Crippen molar-refractivity contribution in [2.75, 3.05) is 0 Å². The van der Waals surface area contributed by atoms with Gasteiger partial charge in [0.05, 0.1) is 0 Å². The second-order valence-electron chi connectivity index (χ2n) is 13.6. The van der Waals surface area contributed by atoms with Gasteiger partial charge in [0.2, 0.25) is 0 Å². The second kappa shape index (κ2) is 13.8. The Kier molecular flexibility index (Phi) is 11.1. The maximum Gasteiger partial charge on any atom is -0.147 e. The first-order valence-electron chi connectivity index (χ1n) is 14.8. The third kappa shape index (κ3) is 6.70. The molecule has 0 fully saturated rings. The molecule has 0 heterocycles. The van der Waals surface area contributed by atoms with Crippen molar-refractivity contribution in [2.24, 2.45) is 0 Å². The van der Waals surface area contributed by atoms with Crippen LogP contribution >= 0.6 is 56.7 Å². The molecule has 4 aromatic carbocycles. The Bertz CT molecular complexity index is 1690. The average Bonchev–Trinajstić information content (AvgIpc) is 3.58. The summed E-state index contributed by atoms with van der Waals surface area (Å²) in [5.74, 6) is 0. The van der Waals surface area contributed by atoms with Gasteiger partial charge in [0.15, 0.2) is 0 Å². The van der Waals surface area contributed by atoms with E-state index in [2.05, 4.69) is 177 Å². The summed E-state index contributed by atoms with van der Waals surface area (Å²) in [6.45, 7) is 14.0. The molecule has 0 aromatic heterocycles. The van der Waals surface area contributed by atoms with Gasteiger partial charge in [-0.2, -0.15) is 0 Å². The Morgan fingerprint density at radius 2 is 1.11 bits per heavy atom. The van der Waals surface area contributed by atoms with Crippen molar-refractivity contribution in [3.63, 3.8) is 0 Å². The van der Waals surface area contributed by atoms with E-state index in [0.29, 0.717) is 3.63 Å². The first kappa shape index (κ1) is 35.5. The predicted molar refractivity (Wildman–Crippen MR) is 199 cm³/mol. The minimum Gasteiger partial charge on any atom is -0.147 e. The van der Waals surface area contributed by atoms with Gasteiger partial charge in [-0.15, -0.1) is 24.8 Å². The molecule has 0 atom stereocenters. The molecule has 0 amide bonds. The summed E-state index contributed by atoms with van der Waals surface area (Å²) in [7, 11) is 0. The Hall–Kier alpha value is -1.35. The van der Waals surface area contributed by atoms with Crippen molar-refractivity contribution in [2.45, 2.75) is 62.4 Å². The van der Waals surface area contributed by atoms with E-state index in [4.69, 9.17) is 0 Å². The molecule has 4 aromatic rings. The van der Waals surface area contributed by atoms with E-state index in [9.17, 15) is 0 Å². The Morgan fingerprint density at radius 3 is 1.50 bits per heavy atom. The van der Waals surface area contributed by atoms with Crippen molar-refractivity contribution in [3.05, 3.63) is 149 Å². The Labute approximate surface area is 300 Å². The van der Waals surface area contributed by atoms with Crippen LogP contribution in [0.25, 0.3) is 11.1 Å². The summed E-state index contributed by atoms with van der Waals surface area (Å²) in [5.41, 5.74) is 11.6. The fourth-order valence-electron chi connectivity index (χ4n) is 6.39. The third-order valence-electron chi connectivity index (χ3n) is 8.71. The van der Waals surface area contributed by atoms with Crippen LogP contribution in [-0.4, -0.2) is 3.21 Å². The largest absolute Gasteiger partial charge is 0.147 e. The number of fused-ring (bicyclic) bond motifs is 3. The molecule has 0 nitrogen and oxygen atoms in total. The Morgan fingerprint density at radius 1 is 0.659 bits per heavy atom. The van der Waals surface area contributed by atoms with Gasteiger partial charge in [0.1, 0.15) is 0 Å². The van der Waals surface area contributed by atoms with Crippen LogP contribution in [0.1, 0.15) is 85.0 Å². The molecule has 6 rings (SSSR count). The quantitative estimate of drug-likeness (QED) is 0.192. The zero-order valence-corrected chi connectivity index (χ0v) is 33.4. The van der Waals surface area contributed by atoms with Gasteiger partial charge >= 0.3 is 279 Å². The summed E-state index contributed by atoms with van der Waals surface area (Å²) >= 11 is 5.23. The van der Waals surface area contributed by atoms with Crippen molar-refractivity contribution in [1.29, 1.82) is 0 Å². The monoisotopic (exact) mass is 826 g/mol. The van der Waals surface area contributed by atoms with Gasteiger partial charge in [0, 0.05) is 0 Å². The van der Waals surface area contributed by atoms with Crippen LogP contribution < -0.4 is 0 Å². The zero-order chi connectivity index (χ0) is 29.8. The number of hydrogen-bond acceptors (Lipinski definition) is 0. The SMILES string of the molecule is CC(C)(C)c1ccc2c(c1)-c1cc(C(C)(C)C)ccc1[CH]2[Zr]([C]1=CC=CC1)=[C](c1ccccc1Br)c1ccccc1Br.Cl.Cl. The van der Waals surface area contributed by atoms with Crippen LogP contribution in [0.5, 0.6) is 0 Å². The van der Waals surface area contributed by atoms with E-state index in [1.807, 2.05) is 0 Å². The van der Waals surface area contributed by atoms with E-state index in [1.165, 1.54) is 53.5 Å². The van der Waals surface area contributed by atoms with Crippen molar-refractivity contribution in [1.82, 2.24) is 0 Å². The van der Waals surface area contributed by atoms with Crippen molar-refractivity contribution < 1.29 is 21.3 Å². The maximum absolute atomic E-state index is 3.99. The molecule has 44 heavy (non-hydrogen) atoms. The molecule has 0 radical (unpaired) electrons. The van der Waals surface area contributed by atoms with Crippen molar-refractivity contribution in [3.8, 4) is 11.1 Å². The van der Waals surface area contributed by atoms with Crippen LogP contribution in [0.2, 0.25) is 0 Å². The normalized spacial score (nSPS) is 13.9. The van der Waals surface area contributed by atoms with Crippen molar-refractivity contribution >= 4 is 59.9 Å². The van der Waals surface area contributed by atoms with Crippen LogP contribution in [0.4, 0.5) is 0 Å². The predicted octanol–water partition coefficient (Wildman–Crippen LogP) is 12.5. The molecule has 228 valence electrons. The Balaban J connectivity index is 0.00000221. The van der Waals surface area contributed by atoms with E-state index in [-0.39, 0.29) is 35.6 Å². The maximum atomic E-state index is 3.99. The fourth-order valence-corrected chi connectivity index (χ4v) is 17.4. The van der Waals surface area contributed by atoms with E-state index in [0.717, 1.165) is 6.42 Å². The first-order chi connectivity index (χ1) is 19.9. The molecule has 0 unspecified atom stereocenters. The van der Waals surface area contributed by atoms with E-state index in [1.54, 1.807) is 6.49 Å². The number of halogens is 4. The summed E-state index contributed by atoms with van der Waals surface area (Å²) in [4.78, 5) is 0. The smallest absolute Gasteiger partial charge is 0.147 e. The zero-order valence-electron chi connectivity index (χ0n) is 26.2. The molecule has 0 N–H and O–H groups in total. The van der Waals surface area contributed by atoms with Crippen LogP contribution in [0.15, 0.2) is 115 Å². The molecular formula is C39H40Br2Cl2Zr. The van der Waals surface area contributed by atoms with Gasteiger partial charge in [-0.25, -0.2) is 0 Å². The van der Waals surface area contributed by atoms with Gasteiger partial charge < -0.3 is 0 Å². The second-order valence-corrected chi connectivity index (χ2v) is 21.6. The molecule has 2 aliphatic rings. The van der Waals surface area contributed by atoms with Gasteiger partial charge in [0.25, 0.3) is 0 Å². The third-order valence-corrected chi connectivity index (χ3v) is 18.3. The molecule has 0 saturated heterocycles. The minimum atomic E-state index is -2.75. The topological polar surface area (TPSA) is 0 Å². The number of benzene rings is 4. The van der Waals surface area contributed by atoms with E-state index < -0.39 is 21.3 Å². The van der Waals surface area contributed by atoms with Crippen LogP contribution in [-0.2, 0) is 32.1 Å². The summed E-state index contributed by atoms with van der Waals surface area (Å²) < 4.78 is 5.94. The first-order valence-corrected chi connectivity index (χ1v) is 20.3.